The van der Waals surface area contributed by atoms with Crippen LogP contribution in [0.15, 0.2) is 15.9 Å². The van der Waals surface area contributed by atoms with Crippen molar-refractivity contribution >= 4 is 27.3 Å². The standard InChI is InChI=1S/C15H19BrOS/c16-13-4-5-18-14(13)8-15(17)7-9-6-12(15)11-3-1-2-10(9)11/h4-5,9-12,17H,1-3,6-8H2. The molecule has 3 aliphatic carbocycles. The van der Waals surface area contributed by atoms with Crippen molar-refractivity contribution in [1.29, 1.82) is 0 Å². The van der Waals surface area contributed by atoms with Gasteiger partial charge < -0.3 is 5.11 Å². The fraction of sp³-hybridized carbons (Fsp3) is 0.733. The second kappa shape index (κ2) is 4.07. The van der Waals surface area contributed by atoms with Crippen molar-refractivity contribution in [2.24, 2.45) is 23.7 Å². The van der Waals surface area contributed by atoms with Crippen LogP contribution in [-0.4, -0.2) is 10.7 Å². The maximum Gasteiger partial charge on any atom is 0.0729 e. The molecule has 1 N–H and O–H groups in total. The van der Waals surface area contributed by atoms with Gasteiger partial charge in [0, 0.05) is 15.8 Å². The van der Waals surface area contributed by atoms with Crippen molar-refractivity contribution in [2.75, 3.05) is 0 Å². The lowest BCUT2D eigenvalue weighted by molar-refractivity contribution is -0.0445. The van der Waals surface area contributed by atoms with Crippen molar-refractivity contribution in [3.63, 3.8) is 0 Å². The number of halogens is 1. The molecule has 1 aromatic heterocycles. The molecule has 3 heteroatoms. The van der Waals surface area contributed by atoms with Crippen LogP contribution in [-0.2, 0) is 6.42 Å². The van der Waals surface area contributed by atoms with E-state index in [4.69, 9.17) is 0 Å². The number of fused-ring (bicyclic) bond motifs is 5. The van der Waals surface area contributed by atoms with Crippen LogP contribution in [0, 0.1) is 23.7 Å². The minimum atomic E-state index is -0.399. The van der Waals surface area contributed by atoms with E-state index in [1.807, 2.05) is 0 Å². The summed E-state index contributed by atoms with van der Waals surface area (Å²) in [7, 11) is 0. The first-order valence-electron chi connectivity index (χ1n) is 7.12. The summed E-state index contributed by atoms with van der Waals surface area (Å²) in [5.74, 6) is 3.21. The van der Waals surface area contributed by atoms with Crippen molar-refractivity contribution in [3.8, 4) is 0 Å². The van der Waals surface area contributed by atoms with E-state index < -0.39 is 5.60 Å². The van der Waals surface area contributed by atoms with Gasteiger partial charge in [0.15, 0.2) is 0 Å². The fourth-order valence-corrected chi connectivity index (χ4v) is 6.78. The van der Waals surface area contributed by atoms with Crippen molar-refractivity contribution in [1.82, 2.24) is 0 Å². The van der Waals surface area contributed by atoms with Crippen molar-refractivity contribution in [3.05, 3.63) is 20.8 Å². The average Bonchev–Trinajstić information content (AvgIpc) is 3.01. The number of aliphatic hydroxyl groups is 1. The van der Waals surface area contributed by atoms with Gasteiger partial charge in [-0.3, -0.25) is 0 Å². The zero-order valence-electron chi connectivity index (χ0n) is 10.4. The van der Waals surface area contributed by atoms with E-state index in [-0.39, 0.29) is 0 Å². The van der Waals surface area contributed by atoms with Gasteiger partial charge in [-0.25, -0.2) is 0 Å². The van der Waals surface area contributed by atoms with Gasteiger partial charge in [-0.15, -0.1) is 11.3 Å². The summed E-state index contributed by atoms with van der Waals surface area (Å²) < 4.78 is 1.19. The topological polar surface area (TPSA) is 20.2 Å². The molecule has 0 aliphatic heterocycles. The third-order valence-electron chi connectivity index (χ3n) is 5.77. The third-order valence-corrected chi connectivity index (χ3v) is 7.69. The van der Waals surface area contributed by atoms with E-state index in [1.54, 1.807) is 11.3 Å². The summed E-state index contributed by atoms with van der Waals surface area (Å²) in [6.45, 7) is 0. The Morgan fingerprint density at radius 1 is 1.39 bits per heavy atom. The molecule has 3 fully saturated rings. The molecule has 5 unspecified atom stereocenters. The Labute approximate surface area is 121 Å². The molecule has 0 amide bonds. The fourth-order valence-electron chi connectivity index (χ4n) is 5.17. The van der Waals surface area contributed by atoms with Gasteiger partial charge in [-0.05, 0) is 76.7 Å². The molecular weight excluding hydrogens is 308 g/mol. The van der Waals surface area contributed by atoms with Crippen LogP contribution in [0.2, 0.25) is 0 Å². The second-order valence-corrected chi connectivity index (χ2v) is 8.39. The molecule has 1 nitrogen and oxygen atoms in total. The molecular formula is C15H19BrOS. The van der Waals surface area contributed by atoms with Crippen LogP contribution >= 0.6 is 27.3 Å². The van der Waals surface area contributed by atoms with Crippen LogP contribution in [0.1, 0.15) is 37.0 Å². The summed E-state index contributed by atoms with van der Waals surface area (Å²) in [5, 5.41) is 13.2. The highest BCUT2D eigenvalue weighted by Gasteiger charge is 2.60. The molecule has 1 heterocycles. The largest absolute Gasteiger partial charge is 0.389 e. The molecule has 18 heavy (non-hydrogen) atoms. The maximum absolute atomic E-state index is 11.1. The first kappa shape index (κ1) is 11.9. The molecule has 98 valence electrons. The lowest BCUT2D eigenvalue weighted by atomic mass is 9.71. The molecule has 0 spiro atoms. The Bertz CT molecular complexity index is 471. The van der Waals surface area contributed by atoms with Gasteiger partial charge >= 0.3 is 0 Å². The van der Waals surface area contributed by atoms with Gasteiger partial charge in [0.05, 0.1) is 5.60 Å². The van der Waals surface area contributed by atoms with Crippen LogP contribution in [0.5, 0.6) is 0 Å². The number of rotatable bonds is 2. The molecule has 0 saturated heterocycles. The van der Waals surface area contributed by atoms with Crippen molar-refractivity contribution in [2.45, 2.75) is 44.1 Å². The monoisotopic (exact) mass is 326 g/mol. The van der Waals surface area contributed by atoms with E-state index in [9.17, 15) is 5.11 Å². The maximum atomic E-state index is 11.1. The molecule has 0 aromatic carbocycles. The molecule has 1 aromatic rings. The quantitative estimate of drug-likeness (QED) is 0.861. The first-order chi connectivity index (χ1) is 8.67. The van der Waals surface area contributed by atoms with Crippen LogP contribution in [0.25, 0.3) is 0 Å². The summed E-state index contributed by atoms with van der Waals surface area (Å²) in [6.07, 6.45) is 7.44. The number of hydrogen-bond donors (Lipinski definition) is 1. The van der Waals surface area contributed by atoms with E-state index in [2.05, 4.69) is 27.4 Å². The highest BCUT2D eigenvalue weighted by atomic mass is 79.9. The summed E-state index contributed by atoms with van der Waals surface area (Å²) in [5.41, 5.74) is -0.399. The number of hydrogen-bond acceptors (Lipinski definition) is 2. The Morgan fingerprint density at radius 2 is 2.22 bits per heavy atom. The highest BCUT2D eigenvalue weighted by Crippen LogP contribution is 2.63. The molecule has 5 atom stereocenters. The van der Waals surface area contributed by atoms with Gasteiger partial charge in [0.2, 0.25) is 0 Å². The molecule has 3 saturated carbocycles. The van der Waals surface area contributed by atoms with Crippen LogP contribution in [0.4, 0.5) is 0 Å². The summed E-state index contributed by atoms with van der Waals surface area (Å²) in [6, 6.07) is 2.11. The van der Waals surface area contributed by atoms with Gasteiger partial charge in [-0.2, -0.15) is 0 Å². The lowest BCUT2D eigenvalue weighted by Crippen LogP contribution is -2.43. The lowest BCUT2D eigenvalue weighted by Gasteiger charge is -2.39. The highest BCUT2D eigenvalue weighted by molar-refractivity contribution is 9.10. The number of thiophene rings is 1. The average molecular weight is 327 g/mol. The minimum Gasteiger partial charge on any atom is -0.389 e. The Hall–Kier alpha value is 0.140. The Kier molecular flexibility index (Phi) is 2.69. The third kappa shape index (κ3) is 1.60. The SMILES string of the molecule is OC1(Cc2sccc2Br)CC2CC1C1CCCC21. The summed E-state index contributed by atoms with van der Waals surface area (Å²) in [4.78, 5) is 1.33. The summed E-state index contributed by atoms with van der Waals surface area (Å²) >= 11 is 5.39. The molecule has 4 rings (SSSR count). The predicted molar refractivity (Wildman–Crippen MR) is 77.7 cm³/mol. The normalized spacial score (nSPS) is 45.7. The van der Waals surface area contributed by atoms with E-state index in [0.717, 1.165) is 30.6 Å². The zero-order chi connectivity index (χ0) is 12.3. The van der Waals surface area contributed by atoms with Crippen LogP contribution in [0.3, 0.4) is 0 Å². The zero-order valence-corrected chi connectivity index (χ0v) is 12.8. The van der Waals surface area contributed by atoms with Gasteiger partial charge in [0.25, 0.3) is 0 Å². The van der Waals surface area contributed by atoms with Gasteiger partial charge in [-0.1, -0.05) is 6.42 Å². The molecule has 3 aliphatic rings. The van der Waals surface area contributed by atoms with E-state index in [1.165, 1.54) is 35.0 Å². The van der Waals surface area contributed by atoms with E-state index >= 15 is 0 Å². The smallest absolute Gasteiger partial charge is 0.0729 e. The minimum absolute atomic E-state index is 0.399. The van der Waals surface area contributed by atoms with Crippen molar-refractivity contribution < 1.29 is 5.11 Å². The predicted octanol–water partition coefficient (Wildman–Crippen LogP) is 4.24. The Balaban J connectivity index is 1.60. The van der Waals surface area contributed by atoms with Gasteiger partial charge in [0.1, 0.15) is 0 Å². The first-order valence-corrected chi connectivity index (χ1v) is 8.79. The van der Waals surface area contributed by atoms with E-state index in [0.29, 0.717) is 5.92 Å². The van der Waals surface area contributed by atoms with Crippen LogP contribution < -0.4 is 0 Å². The Morgan fingerprint density at radius 3 is 3.00 bits per heavy atom. The second-order valence-electron chi connectivity index (χ2n) is 6.54. The molecule has 2 bridgehead atoms. The molecule has 0 radical (unpaired) electrons.